The number of rotatable bonds is 4. The van der Waals surface area contributed by atoms with Crippen LogP contribution in [-0.4, -0.2) is 4.92 Å². The van der Waals surface area contributed by atoms with Crippen LogP contribution < -0.4 is 4.74 Å². The zero-order valence-corrected chi connectivity index (χ0v) is 12.8. The van der Waals surface area contributed by atoms with Crippen molar-refractivity contribution in [1.29, 1.82) is 5.26 Å². The Bertz CT molecular complexity index is 738. The van der Waals surface area contributed by atoms with Crippen LogP contribution in [0.15, 0.2) is 36.4 Å². The van der Waals surface area contributed by atoms with Gasteiger partial charge in [0.1, 0.15) is 11.5 Å². The molecule has 0 aromatic heterocycles. The summed E-state index contributed by atoms with van der Waals surface area (Å²) >= 11 is 3.23. The summed E-state index contributed by atoms with van der Waals surface area (Å²) in [5, 5.41) is 20.2. The lowest BCUT2D eigenvalue weighted by molar-refractivity contribution is -0.385. The highest BCUT2D eigenvalue weighted by atomic mass is 79.9. The summed E-state index contributed by atoms with van der Waals surface area (Å²) in [5.74, 6) is 1.05. The molecule has 2 rings (SSSR count). The Labute approximate surface area is 130 Å². The summed E-state index contributed by atoms with van der Waals surface area (Å²) in [4.78, 5) is 10.5. The number of alkyl halides is 1. The van der Waals surface area contributed by atoms with Gasteiger partial charge >= 0.3 is 0 Å². The minimum atomic E-state index is -0.429. The standard InChI is InChI=1S/C15H11BrN2O3/c1-10-2-3-11(9-17)6-15(10)21-13-4-5-14(18(19)20)12(7-13)8-16/h2-7H,8H2,1H3. The second-order valence-corrected chi connectivity index (χ2v) is 4.94. The number of aryl methyl sites for hydroxylation is 1. The highest BCUT2D eigenvalue weighted by Gasteiger charge is 2.14. The van der Waals surface area contributed by atoms with Gasteiger partial charge in [0.15, 0.2) is 0 Å². The maximum Gasteiger partial charge on any atom is 0.273 e. The SMILES string of the molecule is Cc1ccc(C#N)cc1Oc1ccc([N+](=O)[O-])c(CBr)c1. The Morgan fingerprint density at radius 3 is 2.71 bits per heavy atom. The fraction of sp³-hybridized carbons (Fsp3) is 0.133. The van der Waals surface area contributed by atoms with Crippen molar-refractivity contribution in [2.24, 2.45) is 0 Å². The second-order valence-electron chi connectivity index (χ2n) is 4.38. The number of nitro groups is 1. The maximum absolute atomic E-state index is 10.9. The van der Waals surface area contributed by atoms with Crippen molar-refractivity contribution < 1.29 is 9.66 Å². The van der Waals surface area contributed by atoms with Gasteiger partial charge in [-0.05, 0) is 36.8 Å². The predicted octanol–water partition coefficient (Wildman–Crippen LogP) is 4.46. The predicted molar refractivity (Wildman–Crippen MR) is 81.7 cm³/mol. The molecular weight excluding hydrogens is 336 g/mol. The summed E-state index contributed by atoms with van der Waals surface area (Å²) in [5.41, 5.74) is 1.96. The fourth-order valence-corrected chi connectivity index (χ4v) is 2.27. The van der Waals surface area contributed by atoms with Gasteiger partial charge in [-0.2, -0.15) is 5.26 Å². The summed E-state index contributed by atoms with van der Waals surface area (Å²) in [7, 11) is 0. The molecule has 0 heterocycles. The van der Waals surface area contributed by atoms with E-state index in [4.69, 9.17) is 10.00 Å². The van der Waals surface area contributed by atoms with E-state index < -0.39 is 4.92 Å². The fourth-order valence-electron chi connectivity index (χ4n) is 1.82. The molecule has 0 N–H and O–H groups in total. The van der Waals surface area contributed by atoms with Crippen LogP contribution in [-0.2, 0) is 5.33 Å². The summed E-state index contributed by atoms with van der Waals surface area (Å²) in [6.45, 7) is 1.87. The Morgan fingerprint density at radius 2 is 2.10 bits per heavy atom. The molecule has 21 heavy (non-hydrogen) atoms. The van der Waals surface area contributed by atoms with Crippen molar-refractivity contribution in [1.82, 2.24) is 0 Å². The lowest BCUT2D eigenvalue weighted by Crippen LogP contribution is -1.95. The van der Waals surface area contributed by atoms with Crippen molar-refractivity contribution in [2.75, 3.05) is 0 Å². The molecule has 106 valence electrons. The lowest BCUT2D eigenvalue weighted by atomic mass is 10.1. The molecule has 0 radical (unpaired) electrons. The molecule has 0 unspecified atom stereocenters. The van der Waals surface area contributed by atoms with Gasteiger partial charge in [0.05, 0.1) is 16.6 Å². The topological polar surface area (TPSA) is 76.2 Å². The van der Waals surface area contributed by atoms with Gasteiger partial charge in [-0.1, -0.05) is 22.0 Å². The van der Waals surface area contributed by atoms with E-state index in [1.165, 1.54) is 6.07 Å². The number of ether oxygens (including phenoxy) is 1. The van der Waals surface area contributed by atoms with Crippen LogP contribution >= 0.6 is 15.9 Å². The average Bonchev–Trinajstić information content (AvgIpc) is 2.49. The molecule has 2 aromatic carbocycles. The molecular formula is C15H11BrN2O3. The summed E-state index contributed by atoms with van der Waals surface area (Å²) < 4.78 is 5.73. The van der Waals surface area contributed by atoms with Crippen LogP contribution in [0.1, 0.15) is 16.7 Å². The average molecular weight is 347 g/mol. The van der Waals surface area contributed by atoms with Gasteiger partial charge in [0.25, 0.3) is 5.69 Å². The Morgan fingerprint density at radius 1 is 1.33 bits per heavy atom. The van der Waals surface area contributed by atoms with Gasteiger partial charge in [-0.3, -0.25) is 10.1 Å². The normalized spacial score (nSPS) is 9.95. The number of halogens is 1. The molecule has 0 aliphatic heterocycles. The summed E-state index contributed by atoms with van der Waals surface area (Å²) in [6, 6.07) is 11.8. The molecule has 0 atom stereocenters. The van der Waals surface area contributed by atoms with Crippen molar-refractivity contribution in [3.05, 3.63) is 63.2 Å². The van der Waals surface area contributed by atoms with Crippen molar-refractivity contribution in [2.45, 2.75) is 12.3 Å². The zero-order chi connectivity index (χ0) is 15.4. The van der Waals surface area contributed by atoms with Crippen LogP contribution in [0.5, 0.6) is 11.5 Å². The van der Waals surface area contributed by atoms with Gasteiger partial charge in [-0.15, -0.1) is 0 Å². The highest BCUT2D eigenvalue weighted by molar-refractivity contribution is 9.08. The molecule has 0 aliphatic rings. The van der Waals surface area contributed by atoms with E-state index in [2.05, 4.69) is 22.0 Å². The van der Waals surface area contributed by atoms with Gasteiger partial charge in [0, 0.05) is 17.0 Å². The number of nitriles is 1. The van der Waals surface area contributed by atoms with E-state index in [-0.39, 0.29) is 5.69 Å². The largest absolute Gasteiger partial charge is 0.457 e. The van der Waals surface area contributed by atoms with Crippen LogP contribution in [0.2, 0.25) is 0 Å². The van der Waals surface area contributed by atoms with Crippen LogP contribution in [0, 0.1) is 28.4 Å². The Kier molecular flexibility index (Phi) is 4.55. The number of nitrogens with zero attached hydrogens (tertiary/aromatic N) is 2. The zero-order valence-electron chi connectivity index (χ0n) is 11.2. The maximum atomic E-state index is 10.9. The van der Waals surface area contributed by atoms with E-state index in [0.29, 0.717) is 28.0 Å². The first-order chi connectivity index (χ1) is 10.0. The molecule has 5 nitrogen and oxygen atoms in total. The Hall–Kier alpha value is -2.39. The van der Waals surface area contributed by atoms with Gasteiger partial charge < -0.3 is 4.74 Å². The van der Waals surface area contributed by atoms with Crippen LogP contribution in [0.25, 0.3) is 0 Å². The van der Waals surface area contributed by atoms with Gasteiger partial charge in [0.2, 0.25) is 0 Å². The molecule has 0 spiro atoms. The molecule has 0 bridgehead atoms. The van der Waals surface area contributed by atoms with E-state index in [1.54, 1.807) is 30.3 Å². The minimum absolute atomic E-state index is 0.0433. The number of nitro benzene ring substituents is 1. The first kappa shape index (κ1) is 15.0. The molecule has 0 fully saturated rings. The van der Waals surface area contributed by atoms with Crippen LogP contribution in [0.3, 0.4) is 0 Å². The smallest absolute Gasteiger partial charge is 0.273 e. The monoisotopic (exact) mass is 346 g/mol. The van der Waals surface area contributed by atoms with Crippen molar-refractivity contribution in [3.63, 3.8) is 0 Å². The van der Waals surface area contributed by atoms with Crippen molar-refractivity contribution in [3.8, 4) is 17.6 Å². The van der Waals surface area contributed by atoms with E-state index in [1.807, 2.05) is 6.92 Å². The lowest BCUT2D eigenvalue weighted by Gasteiger charge is -2.10. The first-order valence-corrected chi connectivity index (χ1v) is 7.19. The van der Waals surface area contributed by atoms with Gasteiger partial charge in [-0.25, -0.2) is 0 Å². The van der Waals surface area contributed by atoms with E-state index in [0.717, 1.165) is 5.56 Å². The summed E-state index contributed by atoms with van der Waals surface area (Å²) in [6.07, 6.45) is 0. The van der Waals surface area contributed by atoms with Crippen LogP contribution in [0.4, 0.5) is 5.69 Å². The first-order valence-electron chi connectivity index (χ1n) is 6.07. The molecule has 0 saturated heterocycles. The molecule has 0 saturated carbocycles. The highest BCUT2D eigenvalue weighted by Crippen LogP contribution is 2.30. The number of hydrogen-bond acceptors (Lipinski definition) is 4. The molecule has 0 aliphatic carbocycles. The van der Waals surface area contributed by atoms with Crippen molar-refractivity contribution >= 4 is 21.6 Å². The third-order valence-electron chi connectivity index (χ3n) is 2.94. The Balaban J connectivity index is 2.36. The molecule has 0 amide bonds. The minimum Gasteiger partial charge on any atom is -0.457 e. The van der Waals surface area contributed by atoms with E-state index in [9.17, 15) is 10.1 Å². The quantitative estimate of drug-likeness (QED) is 0.465. The molecule has 2 aromatic rings. The number of hydrogen-bond donors (Lipinski definition) is 0. The second kappa shape index (κ2) is 6.37. The third kappa shape index (κ3) is 3.38. The number of benzene rings is 2. The third-order valence-corrected chi connectivity index (χ3v) is 3.54. The van der Waals surface area contributed by atoms with E-state index >= 15 is 0 Å². The molecule has 6 heteroatoms.